The summed E-state index contributed by atoms with van der Waals surface area (Å²) in [5.74, 6) is -1.58. The molecule has 1 aromatic heterocycles. The van der Waals surface area contributed by atoms with E-state index in [2.05, 4.69) is 19.9 Å². The van der Waals surface area contributed by atoms with E-state index in [1.54, 1.807) is 35.2 Å². The fourth-order valence-corrected chi connectivity index (χ4v) is 6.11. The summed E-state index contributed by atoms with van der Waals surface area (Å²) in [5, 5.41) is 2.54. The Morgan fingerprint density at radius 1 is 1.04 bits per heavy atom. The van der Waals surface area contributed by atoms with Crippen LogP contribution in [-0.4, -0.2) is 67.1 Å². The molecule has 3 aromatic rings. The second-order valence-electron chi connectivity index (χ2n) is 11.9. The van der Waals surface area contributed by atoms with Crippen LogP contribution in [0.25, 0.3) is 0 Å². The molecule has 46 heavy (non-hydrogen) atoms. The van der Waals surface area contributed by atoms with Crippen molar-refractivity contribution < 1.29 is 31.5 Å². The third-order valence-electron chi connectivity index (χ3n) is 8.24. The first kappa shape index (κ1) is 33.1. The van der Waals surface area contributed by atoms with Gasteiger partial charge in [-0.05, 0) is 68.0 Å². The number of hydrogen-bond donors (Lipinski definition) is 3. The van der Waals surface area contributed by atoms with Crippen molar-refractivity contribution in [3.63, 3.8) is 0 Å². The number of likely N-dealkylation sites (tertiary alicyclic amines) is 1. The number of aromatic nitrogens is 1. The maximum absolute atomic E-state index is 14.5. The second kappa shape index (κ2) is 14.0. The van der Waals surface area contributed by atoms with Gasteiger partial charge in [-0.2, -0.15) is 0 Å². The first-order valence-corrected chi connectivity index (χ1v) is 17.0. The zero-order valence-corrected chi connectivity index (χ0v) is 26.6. The molecule has 1 saturated carbocycles. The van der Waals surface area contributed by atoms with Crippen LogP contribution in [0.2, 0.25) is 0 Å². The van der Waals surface area contributed by atoms with Crippen molar-refractivity contribution in [2.24, 2.45) is 11.7 Å². The number of rotatable bonds is 12. The Balaban J connectivity index is 1.18. The Bertz CT molecular complexity index is 1690. The van der Waals surface area contributed by atoms with Crippen LogP contribution in [0.4, 0.5) is 25.0 Å². The van der Waals surface area contributed by atoms with Gasteiger partial charge >= 0.3 is 6.03 Å². The summed E-state index contributed by atoms with van der Waals surface area (Å²) in [5.41, 5.74) is 6.73. The Hall–Kier alpha value is -4.30. The highest BCUT2D eigenvalue weighted by Gasteiger charge is 2.31. The van der Waals surface area contributed by atoms with Crippen LogP contribution in [0.3, 0.4) is 0 Å². The number of hydrogen-bond acceptors (Lipinski definition) is 7. The van der Waals surface area contributed by atoms with Gasteiger partial charge in [-0.15, -0.1) is 0 Å². The quantitative estimate of drug-likeness (QED) is 0.242. The number of nitrogens with two attached hydrogens (primary N) is 1. The summed E-state index contributed by atoms with van der Waals surface area (Å²) in [6, 6.07) is 11.2. The van der Waals surface area contributed by atoms with Crippen LogP contribution in [0.5, 0.6) is 11.6 Å². The SMILES string of the molecule is Cc1nc(Oc2ccc(NS(C)(=O)=O)cc2)ccc1CN1CCC(N(CCC2CC2)C(=O)Nc2cc(C(N)=O)c(F)cc2F)CC1. The summed E-state index contributed by atoms with van der Waals surface area (Å²) in [6.07, 6.45) is 5.64. The number of primary amides is 1. The molecular formula is C32H38F2N6O5S. The van der Waals surface area contributed by atoms with Gasteiger partial charge in [0, 0.05) is 55.7 Å². The van der Waals surface area contributed by atoms with E-state index in [-0.39, 0.29) is 11.7 Å². The molecular weight excluding hydrogens is 618 g/mol. The summed E-state index contributed by atoms with van der Waals surface area (Å²) in [6.45, 7) is 4.58. The molecule has 2 aromatic carbocycles. The number of benzene rings is 2. The van der Waals surface area contributed by atoms with Crippen LogP contribution < -0.4 is 20.5 Å². The van der Waals surface area contributed by atoms with Crippen LogP contribution in [-0.2, 0) is 16.6 Å². The third kappa shape index (κ3) is 8.91. The van der Waals surface area contributed by atoms with Crippen molar-refractivity contribution in [1.29, 1.82) is 0 Å². The standard InChI is InChI=1S/C32H38F2N6O5S/c1-20-22(5-10-30(36-20)45-25-8-6-23(7-9-25)38-46(2,43)44)19-39-14-12-24(13-15-39)40(16-11-21-3-4-21)32(42)37-29-17-26(31(35)41)27(33)18-28(29)34/h5-10,17-18,21,24,38H,3-4,11-16,19H2,1-2H3,(H2,35,41)(H,37,42). The molecule has 1 aliphatic carbocycles. The molecule has 2 aliphatic rings. The smallest absolute Gasteiger partial charge is 0.322 e. The number of urea groups is 1. The monoisotopic (exact) mass is 656 g/mol. The van der Waals surface area contributed by atoms with Gasteiger partial charge in [0.05, 0.1) is 17.5 Å². The number of nitrogens with one attached hydrogen (secondary N) is 2. The number of carbonyl (C=O) groups is 2. The molecule has 0 spiro atoms. The summed E-state index contributed by atoms with van der Waals surface area (Å²) < 4.78 is 59.6. The summed E-state index contributed by atoms with van der Waals surface area (Å²) in [7, 11) is -3.37. The largest absolute Gasteiger partial charge is 0.439 e. The number of ether oxygens (including phenoxy) is 1. The Morgan fingerprint density at radius 2 is 1.74 bits per heavy atom. The molecule has 0 bridgehead atoms. The van der Waals surface area contributed by atoms with Crippen LogP contribution in [0.1, 0.15) is 53.7 Å². The Kier molecular flexibility index (Phi) is 10.1. The number of nitrogens with zero attached hydrogens (tertiary/aromatic N) is 3. The lowest BCUT2D eigenvalue weighted by Crippen LogP contribution is -2.49. The van der Waals surface area contributed by atoms with Gasteiger partial charge < -0.3 is 20.7 Å². The maximum atomic E-state index is 14.5. The minimum Gasteiger partial charge on any atom is -0.439 e. The van der Waals surface area contributed by atoms with E-state index in [0.717, 1.165) is 55.9 Å². The molecule has 1 saturated heterocycles. The number of carbonyl (C=O) groups excluding carboxylic acids is 2. The maximum Gasteiger partial charge on any atom is 0.322 e. The number of piperidine rings is 1. The van der Waals surface area contributed by atoms with E-state index >= 15 is 0 Å². The summed E-state index contributed by atoms with van der Waals surface area (Å²) >= 11 is 0. The third-order valence-corrected chi connectivity index (χ3v) is 8.85. The van der Waals surface area contributed by atoms with E-state index in [9.17, 15) is 26.8 Å². The van der Waals surface area contributed by atoms with Gasteiger partial charge in [-0.1, -0.05) is 18.9 Å². The topological polar surface area (TPSA) is 147 Å². The first-order valence-electron chi connectivity index (χ1n) is 15.2. The molecule has 11 nitrogen and oxygen atoms in total. The normalized spacial score (nSPS) is 15.7. The van der Waals surface area contributed by atoms with E-state index in [4.69, 9.17) is 10.5 Å². The molecule has 246 valence electrons. The predicted octanol–water partition coefficient (Wildman–Crippen LogP) is 5.23. The second-order valence-corrected chi connectivity index (χ2v) is 13.7. The van der Waals surface area contributed by atoms with Crippen molar-refractivity contribution in [1.82, 2.24) is 14.8 Å². The molecule has 0 atom stereocenters. The zero-order valence-electron chi connectivity index (χ0n) is 25.8. The molecule has 0 unspecified atom stereocenters. The molecule has 0 radical (unpaired) electrons. The first-order chi connectivity index (χ1) is 21.8. The Morgan fingerprint density at radius 3 is 2.35 bits per heavy atom. The number of halogens is 2. The minimum absolute atomic E-state index is 0.0665. The van der Waals surface area contributed by atoms with Crippen molar-refractivity contribution in [2.75, 3.05) is 35.9 Å². The van der Waals surface area contributed by atoms with Crippen molar-refractivity contribution in [3.8, 4) is 11.6 Å². The lowest BCUT2D eigenvalue weighted by Gasteiger charge is -2.38. The molecule has 1 aliphatic heterocycles. The lowest BCUT2D eigenvalue weighted by molar-refractivity contribution is 0.0996. The number of sulfonamides is 1. The molecule has 14 heteroatoms. The van der Waals surface area contributed by atoms with Gasteiger partial charge in [-0.25, -0.2) is 27.0 Å². The number of pyridine rings is 1. The van der Waals surface area contributed by atoms with Gasteiger partial charge in [-0.3, -0.25) is 14.4 Å². The lowest BCUT2D eigenvalue weighted by atomic mass is 10.0. The fraction of sp³-hybridized carbons (Fsp3) is 0.406. The van der Waals surface area contributed by atoms with Gasteiger partial charge in [0.1, 0.15) is 17.4 Å². The van der Waals surface area contributed by atoms with Crippen molar-refractivity contribution in [2.45, 2.75) is 51.6 Å². The molecule has 2 fully saturated rings. The van der Waals surface area contributed by atoms with Gasteiger partial charge in [0.25, 0.3) is 5.91 Å². The van der Waals surface area contributed by atoms with E-state index in [1.807, 2.05) is 13.0 Å². The van der Waals surface area contributed by atoms with Crippen molar-refractivity contribution >= 4 is 33.3 Å². The molecule has 3 amide bonds. The van der Waals surface area contributed by atoms with Gasteiger partial charge in [0.2, 0.25) is 15.9 Å². The van der Waals surface area contributed by atoms with Crippen LogP contribution in [0, 0.1) is 24.5 Å². The molecule has 2 heterocycles. The minimum atomic E-state index is -3.37. The average Bonchev–Trinajstić information content (AvgIpc) is 3.81. The van der Waals surface area contributed by atoms with E-state index in [1.165, 1.54) is 0 Å². The zero-order chi connectivity index (χ0) is 33.0. The highest BCUT2D eigenvalue weighted by Crippen LogP contribution is 2.33. The van der Waals surface area contributed by atoms with Gasteiger partial charge in [0.15, 0.2) is 0 Å². The van der Waals surface area contributed by atoms with E-state index < -0.39 is 39.2 Å². The molecule has 5 rings (SSSR count). The average molecular weight is 657 g/mol. The van der Waals surface area contributed by atoms with Crippen LogP contribution in [0.15, 0.2) is 48.5 Å². The number of amides is 3. The summed E-state index contributed by atoms with van der Waals surface area (Å²) in [4.78, 5) is 33.6. The number of anilines is 2. The molecule has 4 N–H and O–H groups in total. The number of aryl methyl sites for hydroxylation is 1. The van der Waals surface area contributed by atoms with Crippen molar-refractivity contribution in [3.05, 3.63) is 77.0 Å². The predicted molar refractivity (Wildman–Crippen MR) is 170 cm³/mol. The fourth-order valence-electron chi connectivity index (χ4n) is 5.55. The van der Waals surface area contributed by atoms with Crippen LogP contribution >= 0.6 is 0 Å². The van der Waals surface area contributed by atoms with E-state index in [0.29, 0.717) is 55.2 Å². The highest BCUT2D eigenvalue weighted by molar-refractivity contribution is 7.92. The highest BCUT2D eigenvalue weighted by atomic mass is 32.2. The Labute approximate surface area is 267 Å².